The zero-order chi connectivity index (χ0) is 13.1. The third-order valence-corrected chi connectivity index (χ3v) is 2.86. The van der Waals surface area contributed by atoms with E-state index in [1.807, 2.05) is 31.2 Å². The second-order valence-corrected chi connectivity index (χ2v) is 4.33. The summed E-state index contributed by atoms with van der Waals surface area (Å²) in [5.74, 6) is 1.35. The number of para-hydroxylation sites is 1. The molecule has 0 aliphatic rings. The predicted molar refractivity (Wildman–Crippen MR) is 73.7 cm³/mol. The average Bonchev–Trinajstić information content (AvgIpc) is 2.32. The highest BCUT2D eigenvalue weighted by molar-refractivity contribution is 6.34. The van der Waals surface area contributed by atoms with Crippen LogP contribution in [0.4, 0.5) is 0 Å². The molecule has 0 amide bonds. The number of ether oxygens (including phenoxy) is 1. The monoisotopic (exact) mass is 260 g/mol. The summed E-state index contributed by atoms with van der Waals surface area (Å²) in [5.41, 5.74) is 6.95. The molecule has 2 aromatic carbocycles. The summed E-state index contributed by atoms with van der Waals surface area (Å²) in [6.07, 6.45) is 0. The summed E-state index contributed by atoms with van der Waals surface area (Å²) < 4.78 is 5.73. The van der Waals surface area contributed by atoms with Gasteiger partial charge in [-0.05, 0) is 30.7 Å². The highest BCUT2D eigenvalue weighted by Gasteiger charge is 2.06. The molecular weight excluding hydrogens is 248 g/mol. The molecule has 0 saturated heterocycles. The normalized spacial score (nSPS) is 10.1. The molecule has 92 valence electrons. The van der Waals surface area contributed by atoms with Crippen molar-refractivity contribution in [2.75, 3.05) is 0 Å². The van der Waals surface area contributed by atoms with Crippen molar-refractivity contribution in [1.82, 2.24) is 0 Å². The van der Waals surface area contributed by atoms with Gasteiger partial charge < -0.3 is 10.5 Å². The van der Waals surface area contributed by atoms with Crippen molar-refractivity contribution in [3.63, 3.8) is 0 Å². The van der Waals surface area contributed by atoms with Crippen molar-refractivity contribution in [2.45, 2.75) is 6.92 Å². The van der Waals surface area contributed by atoms with Crippen molar-refractivity contribution < 1.29 is 4.74 Å². The third-order valence-electron chi connectivity index (χ3n) is 2.55. The van der Waals surface area contributed by atoms with E-state index in [0.29, 0.717) is 16.3 Å². The SMILES string of the molecule is Cc1ccccc1Oc1ccc(C(=N)N)c(Cl)c1. The van der Waals surface area contributed by atoms with Crippen LogP contribution in [0.5, 0.6) is 11.5 Å². The lowest BCUT2D eigenvalue weighted by molar-refractivity contribution is 0.479. The molecule has 2 aromatic rings. The van der Waals surface area contributed by atoms with Gasteiger partial charge in [0.2, 0.25) is 0 Å². The lowest BCUT2D eigenvalue weighted by Crippen LogP contribution is -2.11. The molecule has 0 radical (unpaired) electrons. The lowest BCUT2D eigenvalue weighted by atomic mass is 10.2. The molecule has 3 N–H and O–H groups in total. The van der Waals surface area contributed by atoms with Crippen LogP contribution >= 0.6 is 11.6 Å². The molecule has 4 heteroatoms. The van der Waals surface area contributed by atoms with E-state index in [0.717, 1.165) is 11.3 Å². The first-order valence-corrected chi connectivity index (χ1v) is 5.83. The third kappa shape index (κ3) is 2.63. The Labute approximate surface area is 111 Å². The van der Waals surface area contributed by atoms with Gasteiger partial charge in [0.15, 0.2) is 0 Å². The number of amidine groups is 1. The van der Waals surface area contributed by atoms with Gasteiger partial charge in [-0.2, -0.15) is 0 Å². The second kappa shape index (κ2) is 5.10. The van der Waals surface area contributed by atoms with Gasteiger partial charge in [-0.25, -0.2) is 0 Å². The zero-order valence-electron chi connectivity index (χ0n) is 9.91. The van der Waals surface area contributed by atoms with Crippen molar-refractivity contribution >= 4 is 17.4 Å². The lowest BCUT2D eigenvalue weighted by Gasteiger charge is -2.10. The Morgan fingerprint density at radius 1 is 1.22 bits per heavy atom. The molecule has 0 saturated carbocycles. The number of nitrogen functional groups attached to an aromatic ring is 1. The minimum absolute atomic E-state index is 0.0533. The second-order valence-electron chi connectivity index (χ2n) is 3.92. The molecule has 2 rings (SSSR count). The highest BCUT2D eigenvalue weighted by Crippen LogP contribution is 2.28. The Bertz CT molecular complexity index is 596. The standard InChI is InChI=1S/C14H13ClN2O/c1-9-4-2-3-5-13(9)18-10-6-7-11(14(16)17)12(15)8-10/h2-8H,1H3,(H3,16,17). The molecule has 0 spiro atoms. The highest BCUT2D eigenvalue weighted by atomic mass is 35.5. The van der Waals surface area contributed by atoms with E-state index in [4.69, 9.17) is 27.5 Å². The summed E-state index contributed by atoms with van der Waals surface area (Å²) in [7, 11) is 0. The molecule has 0 bridgehead atoms. The van der Waals surface area contributed by atoms with Crippen molar-refractivity contribution in [3.8, 4) is 11.5 Å². The molecule has 0 fully saturated rings. The Balaban J connectivity index is 2.29. The van der Waals surface area contributed by atoms with Crippen LogP contribution in [0.1, 0.15) is 11.1 Å². The van der Waals surface area contributed by atoms with Gasteiger partial charge >= 0.3 is 0 Å². The first-order valence-electron chi connectivity index (χ1n) is 5.45. The Morgan fingerprint density at radius 3 is 2.56 bits per heavy atom. The Kier molecular flexibility index (Phi) is 3.53. The smallest absolute Gasteiger partial charge is 0.130 e. The van der Waals surface area contributed by atoms with E-state index < -0.39 is 0 Å². The Hall–Kier alpha value is -2.00. The van der Waals surface area contributed by atoms with E-state index >= 15 is 0 Å². The van der Waals surface area contributed by atoms with Crippen LogP contribution in [0, 0.1) is 12.3 Å². The summed E-state index contributed by atoms with van der Waals surface area (Å²) in [6.45, 7) is 1.97. The number of hydrogen-bond donors (Lipinski definition) is 2. The largest absolute Gasteiger partial charge is 0.457 e. The molecule has 0 heterocycles. The molecular formula is C14H13ClN2O. The van der Waals surface area contributed by atoms with Gasteiger partial charge in [-0.15, -0.1) is 0 Å². The molecule has 0 aliphatic carbocycles. The topological polar surface area (TPSA) is 59.1 Å². The fraction of sp³-hybridized carbons (Fsp3) is 0.0714. The maximum absolute atomic E-state index is 7.35. The Morgan fingerprint density at radius 2 is 1.94 bits per heavy atom. The average molecular weight is 261 g/mol. The van der Waals surface area contributed by atoms with E-state index in [1.54, 1.807) is 18.2 Å². The minimum atomic E-state index is -0.0533. The number of rotatable bonds is 3. The van der Waals surface area contributed by atoms with Crippen molar-refractivity contribution in [1.29, 1.82) is 5.41 Å². The fourth-order valence-electron chi connectivity index (χ4n) is 1.58. The summed E-state index contributed by atoms with van der Waals surface area (Å²) >= 11 is 6.03. The summed E-state index contributed by atoms with van der Waals surface area (Å²) in [4.78, 5) is 0. The number of nitrogens with one attached hydrogen (secondary N) is 1. The molecule has 3 nitrogen and oxygen atoms in total. The first-order chi connectivity index (χ1) is 8.58. The van der Waals surface area contributed by atoms with Crippen LogP contribution in [-0.2, 0) is 0 Å². The molecule has 0 aromatic heterocycles. The van der Waals surface area contributed by atoms with Gasteiger partial charge in [0.25, 0.3) is 0 Å². The fourth-order valence-corrected chi connectivity index (χ4v) is 1.85. The van der Waals surface area contributed by atoms with Crippen molar-refractivity contribution in [2.24, 2.45) is 5.73 Å². The molecule has 0 atom stereocenters. The number of benzene rings is 2. The maximum atomic E-state index is 7.35. The molecule has 0 unspecified atom stereocenters. The van der Waals surface area contributed by atoms with Crippen LogP contribution in [0.25, 0.3) is 0 Å². The summed E-state index contributed by atoms with van der Waals surface area (Å²) in [6, 6.07) is 12.8. The van der Waals surface area contributed by atoms with Gasteiger partial charge in [-0.1, -0.05) is 29.8 Å². The summed E-state index contributed by atoms with van der Waals surface area (Å²) in [5, 5.41) is 7.77. The number of aryl methyl sites for hydroxylation is 1. The van der Waals surface area contributed by atoms with E-state index in [1.165, 1.54) is 0 Å². The van der Waals surface area contributed by atoms with Gasteiger partial charge in [0.05, 0.1) is 5.02 Å². The number of halogens is 1. The van der Waals surface area contributed by atoms with E-state index in [-0.39, 0.29) is 5.84 Å². The predicted octanol–water partition coefficient (Wildman–Crippen LogP) is 3.72. The van der Waals surface area contributed by atoms with Gasteiger partial charge in [-0.3, -0.25) is 5.41 Å². The van der Waals surface area contributed by atoms with E-state index in [9.17, 15) is 0 Å². The van der Waals surface area contributed by atoms with E-state index in [2.05, 4.69) is 0 Å². The van der Waals surface area contributed by atoms with Crippen LogP contribution in [-0.4, -0.2) is 5.84 Å². The van der Waals surface area contributed by atoms with Crippen molar-refractivity contribution in [3.05, 3.63) is 58.6 Å². The first kappa shape index (κ1) is 12.5. The van der Waals surface area contributed by atoms with Crippen LogP contribution < -0.4 is 10.5 Å². The quantitative estimate of drug-likeness (QED) is 0.653. The van der Waals surface area contributed by atoms with Gasteiger partial charge in [0.1, 0.15) is 17.3 Å². The maximum Gasteiger partial charge on any atom is 0.130 e. The van der Waals surface area contributed by atoms with Crippen LogP contribution in [0.15, 0.2) is 42.5 Å². The molecule has 18 heavy (non-hydrogen) atoms. The van der Waals surface area contributed by atoms with Gasteiger partial charge in [0, 0.05) is 11.6 Å². The number of hydrogen-bond acceptors (Lipinski definition) is 2. The molecule has 0 aliphatic heterocycles. The van der Waals surface area contributed by atoms with Crippen LogP contribution in [0.3, 0.4) is 0 Å². The zero-order valence-corrected chi connectivity index (χ0v) is 10.7. The van der Waals surface area contributed by atoms with Crippen LogP contribution in [0.2, 0.25) is 5.02 Å². The number of nitrogens with two attached hydrogens (primary N) is 1. The minimum Gasteiger partial charge on any atom is -0.457 e.